The molecule has 2 nitrogen and oxygen atoms in total. The monoisotopic (exact) mass is 314 g/mol. The number of nitrogens with zero attached hydrogens (tertiary/aromatic N) is 1. The van der Waals surface area contributed by atoms with Crippen molar-refractivity contribution < 1.29 is 0 Å². The second-order valence-corrected chi connectivity index (χ2v) is 5.85. The van der Waals surface area contributed by atoms with E-state index in [1.165, 1.54) is 11.1 Å². The van der Waals surface area contributed by atoms with Gasteiger partial charge in [0.2, 0.25) is 0 Å². The minimum Gasteiger partial charge on any atom is -0.387 e. The normalized spacial score (nSPS) is 11.5. The van der Waals surface area contributed by atoms with Crippen molar-refractivity contribution in [3.05, 3.63) is 78.9 Å². The Morgan fingerprint density at radius 3 is 1.71 bits per heavy atom. The first kappa shape index (κ1) is 16.0. The maximum Gasteiger partial charge on any atom is 0.0996 e. The summed E-state index contributed by atoms with van der Waals surface area (Å²) < 4.78 is 0. The number of nitrogens with two attached hydrogens (primary N) is 1. The van der Waals surface area contributed by atoms with Gasteiger partial charge in [-0.25, -0.2) is 4.99 Å². The molecular formula is C22H22N2. The summed E-state index contributed by atoms with van der Waals surface area (Å²) in [6, 6.07) is 27.2. The van der Waals surface area contributed by atoms with E-state index in [4.69, 9.17) is 5.73 Å². The summed E-state index contributed by atoms with van der Waals surface area (Å²) in [5.74, 6) is 0.682. The fourth-order valence-corrected chi connectivity index (χ4v) is 2.75. The lowest BCUT2D eigenvalue weighted by Crippen LogP contribution is -2.09. The lowest BCUT2D eigenvalue weighted by atomic mass is 9.98. The molecule has 0 atom stereocenters. The molecule has 0 aliphatic heterocycles. The van der Waals surface area contributed by atoms with Crippen LogP contribution in [0.15, 0.2) is 83.9 Å². The van der Waals surface area contributed by atoms with E-state index >= 15 is 0 Å². The van der Waals surface area contributed by atoms with Crippen LogP contribution in [0.3, 0.4) is 0 Å². The molecule has 0 bridgehead atoms. The first-order chi connectivity index (χ1) is 11.8. The zero-order chi connectivity index (χ0) is 16.8. The van der Waals surface area contributed by atoms with Crippen LogP contribution in [0.5, 0.6) is 0 Å². The van der Waals surface area contributed by atoms with Crippen molar-refractivity contribution in [3.8, 4) is 22.3 Å². The Morgan fingerprint density at radius 1 is 0.750 bits per heavy atom. The van der Waals surface area contributed by atoms with Crippen molar-refractivity contribution in [2.45, 2.75) is 19.8 Å². The highest BCUT2D eigenvalue weighted by Gasteiger charge is 2.05. The minimum absolute atomic E-state index is 0.682. The number of aliphatic imine (C=N–C) groups is 1. The summed E-state index contributed by atoms with van der Waals surface area (Å²) in [6.07, 6.45) is 1.81. The molecule has 0 spiro atoms. The van der Waals surface area contributed by atoms with Gasteiger partial charge < -0.3 is 5.73 Å². The molecule has 3 aromatic carbocycles. The maximum absolute atomic E-state index is 6.04. The van der Waals surface area contributed by atoms with Crippen LogP contribution in [0.2, 0.25) is 0 Å². The first-order valence-corrected chi connectivity index (χ1v) is 8.35. The van der Waals surface area contributed by atoms with Crippen molar-refractivity contribution in [1.82, 2.24) is 0 Å². The SMILES string of the molecule is CCCC(N)=Nc1cc(-c2ccccc2)cc(-c2ccccc2)c1. The van der Waals surface area contributed by atoms with Crippen LogP contribution in [0.25, 0.3) is 22.3 Å². The quantitative estimate of drug-likeness (QED) is 0.468. The number of benzene rings is 3. The smallest absolute Gasteiger partial charge is 0.0996 e. The van der Waals surface area contributed by atoms with Gasteiger partial charge in [-0.05, 0) is 46.9 Å². The van der Waals surface area contributed by atoms with Gasteiger partial charge in [0.15, 0.2) is 0 Å². The van der Waals surface area contributed by atoms with Gasteiger partial charge in [-0.2, -0.15) is 0 Å². The molecule has 120 valence electrons. The van der Waals surface area contributed by atoms with E-state index in [0.717, 1.165) is 29.7 Å². The number of hydrogen-bond donors (Lipinski definition) is 1. The van der Waals surface area contributed by atoms with Gasteiger partial charge in [-0.3, -0.25) is 0 Å². The Labute approximate surface area is 143 Å². The van der Waals surface area contributed by atoms with Crippen LogP contribution in [0.4, 0.5) is 5.69 Å². The summed E-state index contributed by atoms with van der Waals surface area (Å²) in [5.41, 5.74) is 11.6. The molecule has 0 heterocycles. The van der Waals surface area contributed by atoms with Crippen LogP contribution in [0.1, 0.15) is 19.8 Å². The Morgan fingerprint density at radius 2 is 1.25 bits per heavy atom. The molecule has 0 aliphatic rings. The molecular weight excluding hydrogens is 292 g/mol. The molecule has 0 saturated carbocycles. The number of hydrogen-bond acceptors (Lipinski definition) is 1. The lowest BCUT2D eigenvalue weighted by Gasteiger charge is -2.09. The van der Waals surface area contributed by atoms with Crippen molar-refractivity contribution in [2.75, 3.05) is 0 Å². The summed E-state index contributed by atoms with van der Waals surface area (Å²) in [6.45, 7) is 2.11. The molecule has 3 rings (SSSR count). The van der Waals surface area contributed by atoms with Gasteiger partial charge in [0.1, 0.15) is 0 Å². The van der Waals surface area contributed by atoms with Crippen LogP contribution in [-0.4, -0.2) is 5.84 Å². The summed E-state index contributed by atoms with van der Waals surface area (Å²) in [7, 11) is 0. The average molecular weight is 314 g/mol. The molecule has 0 fully saturated rings. The van der Waals surface area contributed by atoms with Crippen molar-refractivity contribution in [1.29, 1.82) is 0 Å². The van der Waals surface area contributed by atoms with E-state index in [1.807, 2.05) is 12.1 Å². The third kappa shape index (κ3) is 3.90. The molecule has 0 radical (unpaired) electrons. The number of amidine groups is 1. The van der Waals surface area contributed by atoms with Crippen molar-refractivity contribution >= 4 is 11.5 Å². The molecule has 0 aromatic heterocycles. The molecule has 2 heteroatoms. The first-order valence-electron chi connectivity index (χ1n) is 8.35. The maximum atomic E-state index is 6.04. The van der Waals surface area contributed by atoms with E-state index < -0.39 is 0 Å². The standard InChI is InChI=1S/C22H22N2/c1-2-9-22(23)24-21-15-19(17-10-5-3-6-11-17)14-20(16-21)18-12-7-4-8-13-18/h3-8,10-16H,2,9H2,1H3,(H2,23,24). The largest absolute Gasteiger partial charge is 0.387 e. The Hall–Kier alpha value is -2.87. The van der Waals surface area contributed by atoms with Crippen molar-refractivity contribution in [2.24, 2.45) is 10.7 Å². The van der Waals surface area contributed by atoms with E-state index in [0.29, 0.717) is 5.84 Å². The number of rotatable bonds is 5. The fraction of sp³-hybridized carbons (Fsp3) is 0.136. The van der Waals surface area contributed by atoms with Gasteiger partial charge >= 0.3 is 0 Å². The molecule has 0 aliphatic carbocycles. The highest BCUT2D eigenvalue weighted by atomic mass is 14.9. The van der Waals surface area contributed by atoms with Crippen LogP contribution < -0.4 is 5.73 Å². The second-order valence-electron chi connectivity index (χ2n) is 5.85. The summed E-state index contributed by atoms with van der Waals surface area (Å²) >= 11 is 0. The molecule has 0 saturated heterocycles. The lowest BCUT2D eigenvalue weighted by molar-refractivity contribution is 0.983. The van der Waals surface area contributed by atoms with Crippen LogP contribution in [-0.2, 0) is 0 Å². The molecule has 2 N–H and O–H groups in total. The fourth-order valence-electron chi connectivity index (χ4n) is 2.75. The average Bonchev–Trinajstić information content (AvgIpc) is 2.63. The highest BCUT2D eigenvalue weighted by Crippen LogP contribution is 2.31. The molecule has 0 unspecified atom stereocenters. The third-order valence-electron chi connectivity index (χ3n) is 3.91. The van der Waals surface area contributed by atoms with Crippen LogP contribution >= 0.6 is 0 Å². The highest BCUT2D eigenvalue weighted by molar-refractivity contribution is 5.85. The topological polar surface area (TPSA) is 38.4 Å². The summed E-state index contributed by atoms with van der Waals surface area (Å²) in [5, 5.41) is 0. The molecule has 24 heavy (non-hydrogen) atoms. The third-order valence-corrected chi connectivity index (χ3v) is 3.91. The van der Waals surface area contributed by atoms with Gasteiger partial charge in [-0.15, -0.1) is 0 Å². The van der Waals surface area contributed by atoms with Crippen LogP contribution in [0, 0.1) is 0 Å². The van der Waals surface area contributed by atoms with Gasteiger partial charge in [0.25, 0.3) is 0 Å². The van der Waals surface area contributed by atoms with Gasteiger partial charge in [0.05, 0.1) is 11.5 Å². The zero-order valence-electron chi connectivity index (χ0n) is 13.9. The van der Waals surface area contributed by atoms with Crippen molar-refractivity contribution in [3.63, 3.8) is 0 Å². The van der Waals surface area contributed by atoms with E-state index in [2.05, 4.69) is 78.6 Å². The Kier molecular flexibility index (Phi) is 5.07. The van der Waals surface area contributed by atoms with E-state index in [-0.39, 0.29) is 0 Å². The van der Waals surface area contributed by atoms with Gasteiger partial charge in [0, 0.05) is 6.42 Å². The molecule has 0 amide bonds. The predicted molar refractivity (Wildman–Crippen MR) is 104 cm³/mol. The minimum atomic E-state index is 0.682. The Balaban J connectivity index is 2.11. The van der Waals surface area contributed by atoms with E-state index in [9.17, 15) is 0 Å². The zero-order valence-corrected chi connectivity index (χ0v) is 13.9. The van der Waals surface area contributed by atoms with Gasteiger partial charge in [-0.1, -0.05) is 67.6 Å². The molecule has 3 aromatic rings. The van der Waals surface area contributed by atoms with E-state index in [1.54, 1.807) is 0 Å². The predicted octanol–water partition coefficient (Wildman–Crippen LogP) is 5.81. The summed E-state index contributed by atoms with van der Waals surface area (Å²) in [4.78, 5) is 4.62. The second kappa shape index (κ2) is 7.60. The Bertz CT molecular complexity index is 763.